The maximum Gasteiger partial charge on any atom is 0.210 e. The Balaban J connectivity index is 1.73. The topological polar surface area (TPSA) is 59.8 Å². The average molecular weight is 368 g/mol. The molecule has 1 N–H and O–H groups in total. The van der Waals surface area contributed by atoms with E-state index in [-0.39, 0.29) is 17.6 Å². The lowest BCUT2D eigenvalue weighted by Crippen LogP contribution is -2.38. The van der Waals surface area contributed by atoms with Gasteiger partial charge in [-0.15, -0.1) is 10.2 Å². The van der Waals surface area contributed by atoms with Gasteiger partial charge in [-0.25, -0.2) is 9.07 Å². The lowest BCUT2D eigenvalue weighted by molar-refractivity contribution is 0.0980. The van der Waals surface area contributed by atoms with Gasteiger partial charge in [-0.1, -0.05) is 36.0 Å². The van der Waals surface area contributed by atoms with Crippen LogP contribution < -0.4 is 5.43 Å². The summed E-state index contributed by atoms with van der Waals surface area (Å²) in [7, 11) is 0. The molecule has 26 heavy (non-hydrogen) atoms. The fourth-order valence-electron chi connectivity index (χ4n) is 2.98. The maximum absolute atomic E-state index is 13.3. The van der Waals surface area contributed by atoms with E-state index in [9.17, 15) is 9.18 Å². The van der Waals surface area contributed by atoms with Gasteiger partial charge in [0.2, 0.25) is 5.16 Å². The second-order valence-corrected chi connectivity index (χ2v) is 7.45. The number of Topliss-reactive ketones (excluding diaryl/α,β-unsaturated/α-hetero) is 1. The summed E-state index contributed by atoms with van der Waals surface area (Å²) in [5.41, 5.74) is 6.98. The molecule has 0 bridgehead atoms. The van der Waals surface area contributed by atoms with Gasteiger partial charge in [-0.2, -0.15) is 0 Å². The Kier molecular flexibility index (Phi) is 4.24. The molecular formula is C19H17FN4OS. The number of hydrogen-bond donors (Lipinski definition) is 1. The van der Waals surface area contributed by atoms with E-state index >= 15 is 0 Å². The summed E-state index contributed by atoms with van der Waals surface area (Å²) in [5, 5.41) is 8.15. The largest absolute Gasteiger partial charge is 0.313 e. The third-order valence-electron chi connectivity index (χ3n) is 4.61. The molecule has 0 fully saturated rings. The van der Waals surface area contributed by atoms with Crippen molar-refractivity contribution < 1.29 is 9.18 Å². The molecule has 1 aliphatic rings. The second-order valence-electron chi connectivity index (χ2n) is 6.34. The molecule has 7 heteroatoms. The molecule has 0 radical (unpaired) electrons. The Hall–Kier alpha value is -2.67. The number of benzene rings is 2. The minimum Gasteiger partial charge on any atom is -0.313 e. The number of carbonyl (C=O) groups is 1. The summed E-state index contributed by atoms with van der Waals surface area (Å²) in [4.78, 5) is 13.3. The first-order valence-corrected chi connectivity index (χ1v) is 9.11. The van der Waals surface area contributed by atoms with E-state index < -0.39 is 5.25 Å². The van der Waals surface area contributed by atoms with Crippen LogP contribution in [-0.2, 0) is 0 Å². The number of hydrogen-bond acceptors (Lipinski definition) is 5. The SMILES string of the molecule is Cc1ccc(C(=O)[C@@H]2Sc3nncn3N[C@H]2c2ccc(F)cc2)cc1C. The van der Waals surface area contributed by atoms with Crippen LogP contribution >= 0.6 is 11.8 Å². The number of aromatic nitrogens is 3. The van der Waals surface area contributed by atoms with E-state index in [2.05, 4.69) is 15.6 Å². The van der Waals surface area contributed by atoms with E-state index in [4.69, 9.17) is 0 Å². The molecule has 0 aliphatic carbocycles. The number of nitrogens with zero attached hydrogens (tertiary/aromatic N) is 3. The number of halogens is 1. The fourth-order valence-corrected chi connectivity index (χ4v) is 4.11. The van der Waals surface area contributed by atoms with Gasteiger partial charge in [-0.3, -0.25) is 4.79 Å². The lowest BCUT2D eigenvalue weighted by Gasteiger charge is -2.32. The molecule has 0 saturated heterocycles. The van der Waals surface area contributed by atoms with Gasteiger partial charge in [-0.05, 0) is 48.7 Å². The van der Waals surface area contributed by atoms with Crippen molar-refractivity contribution in [3.8, 4) is 0 Å². The van der Waals surface area contributed by atoms with Gasteiger partial charge in [0.1, 0.15) is 17.4 Å². The van der Waals surface area contributed by atoms with Crippen molar-refractivity contribution in [2.75, 3.05) is 5.43 Å². The number of carbonyl (C=O) groups excluding carboxylic acids is 1. The highest BCUT2D eigenvalue weighted by atomic mass is 32.2. The monoisotopic (exact) mass is 368 g/mol. The highest BCUT2D eigenvalue weighted by molar-refractivity contribution is 8.00. The van der Waals surface area contributed by atoms with Gasteiger partial charge >= 0.3 is 0 Å². The van der Waals surface area contributed by atoms with Crippen LogP contribution in [0.5, 0.6) is 0 Å². The Morgan fingerprint density at radius 1 is 1.15 bits per heavy atom. The predicted octanol–water partition coefficient (Wildman–Crippen LogP) is 3.68. The van der Waals surface area contributed by atoms with Crippen LogP contribution in [0.1, 0.15) is 33.1 Å². The second kappa shape index (κ2) is 6.57. The standard InChI is InChI=1S/C19H17FN4OS/c1-11-3-4-14(9-12(11)2)17(25)18-16(13-5-7-15(20)8-6-13)23-24-10-21-22-19(24)26-18/h3-10,16,18,23H,1-2H3/t16-,18+/m0/s1. The van der Waals surface area contributed by atoms with Crippen molar-refractivity contribution >= 4 is 17.5 Å². The van der Waals surface area contributed by atoms with Gasteiger partial charge in [0.15, 0.2) is 5.78 Å². The minimum absolute atomic E-state index is 0.00850. The summed E-state index contributed by atoms with van der Waals surface area (Å²) in [6.07, 6.45) is 1.57. The molecule has 0 amide bonds. The molecule has 3 aromatic rings. The number of fused-ring (bicyclic) bond motifs is 1. The minimum atomic E-state index is -0.431. The van der Waals surface area contributed by atoms with Gasteiger partial charge in [0.25, 0.3) is 0 Å². The number of aryl methyl sites for hydroxylation is 2. The zero-order valence-corrected chi connectivity index (χ0v) is 15.1. The van der Waals surface area contributed by atoms with Crippen LogP contribution in [0, 0.1) is 19.7 Å². The van der Waals surface area contributed by atoms with E-state index in [1.165, 1.54) is 23.9 Å². The van der Waals surface area contributed by atoms with E-state index in [1.807, 2.05) is 32.0 Å². The first kappa shape index (κ1) is 16.8. The van der Waals surface area contributed by atoms with Gasteiger partial charge < -0.3 is 5.43 Å². The molecule has 2 aromatic carbocycles. The third kappa shape index (κ3) is 2.99. The normalized spacial score (nSPS) is 18.9. The van der Waals surface area contributed by atoms with Crippen molar-refractivity contribution in [1.29, 1.82) is 0 Å². The van der Waals surface area contributed by atoms with Crippen LogP contribution in [0.25, 0.3) is 0 Å². The van der Waals surface area contributed by atoms with Crippen molar-refractivity contribution in [2.45, 2.75) is 30.3 Å². The van der Waals surface area contributed by atoms with Crippen LogP contribution in [0.2, 0.25) is 0 Å². The zero-order valence-electron chi connectivity index (χ0n) is 14.3. The summed E-state index contributed by atoms with van der Waals surface area (Å²) >= 11 is 1.37. The average Bonchev–Trinajstić information content (AvgIpc) is 3.10. The Bertz CT molecular complexity index is 970. The predicted molar refractivity (Wildman–Crippen MR) is 98.4 cm³/mol. The molecule has 2 atom stereocenters. The number of thioether (sulfide) groups is 1. The first-order chi connectivity index (χ1) is 12.5. The third-order valence-corrected chi connectivity index (χ3v) is 5.84. The number of ketones is 1. The highest BCUT2D eigenvalue weighted by Gasteiger charge is 2.37. The fraction of sp³-hybridized carbons (Fsp3) is 0.211. The Labute approximate surface area is 154 Å². The van der Waals surface area contributed by atoms with Crippen molar-refractivity contribution in [2.24, 2.45) is 0 Å². The number of nitrogens with one attached hydrogen (secondary N) is 1. The molecule has 1 aromatic heterocycles. The molecule has 5 nitrogen and oxygen atoms in total. The molecule has 0 spiro atoms. The van der Waals surface area contributed by atoms with E-state index in [0.717, 1.165) is 16.7 Å². The lowest BCUT2D eigenvalue weighted by atomic mass is 9.96. The summed E-state index contributed by atoms with van der Waals surface area (Å²) < 4.78 is 15.0. The van der Waals surface area contributed by atoms with Crippen LogP contribution in [0.15, 0.2) is 53.9 Å². The van der Waals surface area contributed by atoms with Crippen LogP contribution in [0.4, 0.5) is 4.39 Å². The smallest absolute Gasteiger partial charge is 0.210 e. The van der Waals surface area contributed by atoms with Crippen LogP contribution in [0.3, 0.4) is 0 Å². The van der Waals surface area contributed by atoms with Crippen molar-refractivity contribution in [3.05, 3.63) is 76.9 Å². The quantitative estimate of drug-likeness (QED) is 0.715. The summed E-state index contributed by atoms with van der Waals surface area (Å²) in [6, 6.07) is 11.6. The summed E-state index contributed by atoms with van der Waals surface area (Å²) in [5.74, 6) is -0.298. The summed E-state index contributed by atoms with van der Waals surface area (Å²) in [6.45, 7) is 4.01. The van der Waals surface area contributed by atoms with Crippen LogP contribution in [-0.4, -0.2) is 25.9 Å². The van der Waals surface area contributed by atoms with Crippen molar-refractivity contribution in [3.63, 3.8) is 0 Å². The van der Waals surface area contributed by atoms with E-state index in [1.54, 1.807) is 23.1 Å². The molecule has 0 unspecified atom stereocenters. The molecule has 1 aliphatic heterocycles. The molecule has 0 saturated carbocycles. The molecular weight excluding hydrogens is 351 g/mol. The molecule has 2 heterocycles. The van der Waals surface area contributed by atoms with E-state index in [0.29, 0.717) is 10.7 Å². The van der Waals surface area contributed by atoms with Crippen molar-refractivity contribution in [1.82, 2.24) is 14.9 Å². The zero-order chi connectivity index (χ0) is 18.3. The number of rotatable bonds is 3. The maximum atomic E-state index is 13.3. The van der Waals surface area contributed by atoms with Gasteiger partial charge in [0, 0.05) is 5.56 Å². The molecule has 132 valence electrons. The Morgan fingerprint density at radius 3 is 2.65 bits per heavy atom. The first-order valence-electron chi connectivity index (χ1n) is 8.23. The Morgan fingerprint density at radius 2 is 1.92 bits per heavy atom. The molecule has 4 rings (SSSR count). The van der Waals surface area contributed by atoms with Gasteiger partial charge in [0.05, 0.1) is 6.04 Å². The highest BCUT2D eigenvalue weighted by Crippen LogP contribution is 2.38.